The molecule has 1 nitrogen and oxygen atoms in total. The maximum Gasteiger partial charge on any atom is 0.0630 e. The zero-order chi connectivity index (χ0) is 9.80. The lowest BCUT2D eigenvalue weighted by Gasteiger charge is -1.89. The number of thiophene rings is 1. The van der Waals surface area contributed by atoms with Crippen molar-refractivity contribution in [2.75, 3.05) is 0 Å². The summed E-state index contributed by atoms with van der Waals surface area (Å²) in [5.41, 5.74) is 0.999. The van der Waals surface area contributed by atoms with E-state index in [0.29, 0.717) is 0 Å². The van der Waals surface area contributed by atoms with Crippen molar-refractivity contribution in [3.8, 4) is 0 Å². The van der Waals surface area contributed by atoms with Gasteiger partial charge in [-0.1, -0.05) is 18.2 Å². The second-order valence-electron chi connectivity index (χ2n) is 3.04. The van der Waals surface area contributed by atoms with Crippen molar-refractivity contribution < 1.29 is 0 Å². The number of nitrogens with zero attached hydrogens (tertiary/aromatic N) is 1. The first-order chi connectivity index (χ1) is 6.84. The molecule has 1 heterocycles. The van der Waals surface area contributed by atoms with Gasteiger partial charge in [-0.2, -0.15) is 0 Å². The molecule has 1 aromatic carbocycles. The van der Waals surface area contributed by atoms with E-state index in [1.165, 1.54) is 9.75 Å². The zero-order valence-corrected chi connectivity index (χ0v) is 8.79. The van der Waals surface area contributed by atoms with Crippen molar-refractivity contribution in [2.45, 2.75) is 6.92 Å². The van der Waals surface area contributed by atoms with Crippen molar-refractivity contribution in [1.82, 2.24) is 0 Å². The Balaban J connectivity index is 2.15. The van der Waals surface area contributed by atoms with Gasteiger partial charge in [0.2, 0.25) is 0 Å². The molecule has 14 heavy (non-hydrogen) atoms. The minimum Gasteiger partial charge on any atom is -0.255 e. The topological polar surface area (TPSA) is 12.4 Å². The molecule has 0 radical (unpaired) electrons. The molecule has 0 amide bonds. The van der Waals surface area contributed by atoms with E-state index in [9.17, 15) is 0 Å². The second-order valence-corrected chi connectivity index (χ2v) is 4.36. The molecule has 0 unspecified atom stereocenters. The van der Waals surface area contributed by atoms with Gasteiger partial charge in [-0.05, 0) is 31.2 Å². The minimum absolute atomic E-state index is 0.999. The van der Waals surface area contributed by atoms with Gasteiger partial charge in [0.15, 0.2) is 0 Å². The van der Waals surface area contributed by atoms with Crippen molar-refractivity contribution in [3.05, 3.63) is 52.2 Å². The third kappa shape index (κ3) is 2.30. The number of hydrogen-bond donors (Lipinski definition) is 0. The van der Waals surface area contributed by atoms with E-state index >= 15 is 0 Å². The van der Waals surface area contributed by atoms with Crippen LogP contribution in [0.1, 0.15) is 9.75 Å². The minimum atomic E-state index is 0.999. The Hall–Kier alpha value is -1.41. The maximum atomic E-state index is 4.38. The lowest BCUT2D eigenvalue weighted by Crippen LogP contribution is -1.70. The van der Waals surface area contributed by atoms with Crippen molar-refractivity contribution in [3.63, 3.8) is 0 Å². The number of para-hydroxylation sites is 1. The fraction of sp³-hybridized carbons (Fsp3) is 0.0833. The number of rotatable bonds is 2. The standard InChI is InChI=1S/C12H11NS/c1-10-7-8-12(14-10)9-13-11-5-3-2-4-6-11/h2-9H,1H3. The largest absolute Gasteiger partial charge is 0.255 e. The molecule has 0 aliphatic heterocycles. The van der Waals surface area contributed by atoms with E-state index < -0.39 is 0 Å². The van der Waals surface area contributed by atoms with Crippen LogP contribution in [0.4, 0.5) is 5.69 Å². The van der Waals surface area contributed by atoms with E-state index in [1.807, 2.05) is 36.5 Å². The summed E-state index contributed by atoms with van der Waals surface area (Å²) in [5.74, 6) is 0. The first-order valence-electron chi connectivity index (χ1n) is 4.50. The third-order valence-corrected chi connectivity index (χ3v) is 2.79. The highest BCUT2D eigenvalue weighted by Gasteiger charge is 1.91. The summed E-state index contributed by atoms with van der Waals surface area (Å²) in [6.07, 6.45) is 1.91. The van der Waals surface area contributed by atoms with Crippen LogP contribution in [0.5, 0.6) is 0 Å². The van der Waals surface area contributed by atoms with Gasteiger partial charge in [-0.15, -0.1) is 11.3 Å². The molecule has 1 aromatic heterocycles. The number of aryl methyl sites for hydroxylation is 1. The van der Waals surface area contributed by atoms with Crippen LogP contribution in [-0.4, -0.2) is 6.21 Å². The van der Waals surface area contributed by atoms with Crippen molar-refractivity contribution in [2.24, 2.45) is 4.99 Å². The number of hydrogen-bond acceptors (Lipinski definition) is 2. The Morgan fingerprint density at radius 2 is 1.86 bits per heavy atom. The molecule has 0 aliphatic carbocycles. The normalized spacial score (nSPS) is 10.9. The molecular weight excluding hydrogens is 190 g/mol. The summed E-state index contributed by atoms with van der Waals surface area (Å²) < 4.78 is 0. The Kier molecular flexibility index (Phi) is 2.75. The van der Waals surface area contributed by atoms with Crippen LogP contribution >= 0.6 is 11.3 Å². The van der Waals surface area contributed by atoms with Crippen LogP contribution in [0.25, 0.3) is 0 Å². The molecule has 0 aliphatic rings. The smallest absolute Gasteiger partial charge is 0.0630 e. The quantitative estimate of drug-likeness (QED) is 0.655. The molecule has 0 saturated heterocycles. The molecule has 70 valence electrons. The lowest BCUT2D eigenvalue weighted by atomic mass is 10.3. The van der Waals surface area contributed by atoms with E-state index in [4.69, 9.17) is 0 Å². The van der Waals surface area contributed by atoms with Crippen molar-refractivity contribution >= 4 is 23.2 Å². The monoisotopic (exact) mass is 201 g/mol. The Labute approximate surface area is 87.8 Å². The van der Waals surface area contributed by atoms with E-state index in [0.717, 1.165) is 5.69 Å². The second kappa shape index (κ2) is 4.20. The van der Waals surface area contributed by atoms with Gasteiger partial charge in [0, 0.05) is 16.0 Å². The Morgan fingerprint density at radius 3 is 2.50 bits per heavy atom. The Bertz CT molecular complexity index is 429. The van der Waals surface area contributed by atoms with Gasteiger partial charge in [0.05, 0.1) is 5.69 Å². The van der Waals surface area contributed by atoms with Crippen molar-refractivity contribution in [1.29, 1.82) is 0 Å². The summed E-state index contributed by atoms with van der Waals surface area (Å²) >= 11 is 1.76. The predicted molar refractivity (Wildman–Crippen MR) is 62.8 cm³/mol. The van der Waals surface area contributed by atoms with Crippen LogP contribution in [0.15, 0.2) is 47.5 Å². The van der Waals surface area contributed by atoms with E-state index in [-0.39, 0.29) is 0 Å². The molecule has 0 spiro atoms. The first-order valence-corrected chi connectivity index (χ1v) is 5.32. The molecule has 0 fully saturated rings. The molecule has 2 rings (SSSR count). The van der Waals surface area contributed by atoms with Crippen LogP contribution in [-0.2, 0) is 0 Å². The highest BCUT2D eigenvalue weighted by molar-refractivity contribution is 7.13. The third-order valence-electron chi connectivity index (χ3n) is 1.86. The molecular formula is C12H11NS. The average molecular weight is 201 g/mol. The van der Waals surface area contributed by atoms with E-state index in [1.54, 1.807) is 11.3 Å². The highest BCUT2D eigenvalue weighted by atomic mass is 32.1. The van der Waals surface area contributed by atoms with E-state index in [2.05, 4.69) is 24.0 Å². The molecule has 2 heteroatoms. The number of aliphatic imine (C=N–C) groups is 1. The molecule has 0 N–H and O–H groups in total. The fourth-order valence-corrected chi connectivity index (χ4v) is 1.92. The summed E-state index contributed by atoms with van der Waals surface area (Å²) in [6, 6.07) is 14.2. The van der Waals surface area contributed by atoms with Crippen LogP contribution < -0.4 is 0 Å². The summed E-state index contributed by atoms with van der Waals surface area (Å²) in [4.78, 5) is 6.89. The van der Waals surface area contributed by atoms with Gasteiger partial charge in [0.25, 0.3) is 0 Å². The average Bonchev–Trinajstić information content (AvgIpc) is 2.63. The number of benzene rings is 1. The van der Waals surface area contributed by atoms with Gasteiger partial charge >= 0.3 is 0 Å². The van der Waals surface area contributed by atoms with Gasteiger partial charge < -0.3 is 0 Å². The maximum absolute atomic E-state index is 4.38. The lowest BCUT2D eigenvalue weighted by molar-refractivity contribution is 1.54. The molecule has 0 saturated carbocycles. The molecule has 2 aromatic rings. The highest BCUT2D eigenvalue weighted by Crippen LogP contribution is 2.15. The molecule has 0 atom stereocenters. The van der Waals surface area contributed by atoms with Gasteiger partial charge in [-0.3, -0.25) is 4.99 Å². The van der Waals surface area contributed by atoms with Gasteiger partial charge in [0.1, 0.15) is 0 Å². The fourth-order valence-electron chi connectivity index (χ4n) is 1.18. The van der Waals surface area contributed by atoms with Crippen LogP contribution in [0.3, 0.4) is 0 Å². The SMILES string of the molecule is Cc1ccc(C=Nc2ccccc2)s1. The molecule has 0 bridgehead atoms. The summed E-state index contributed by atoms with van der Waals surface area (Å²) in [5, 5.41) is 0. The first kappa shape index (κ1) is 9.16. The Morgan fingerprint density at radius 1 is 1.07 bits per heavy atom. The predicted octanol–water partition coefficient (Wildman–Crippen LogP) is 3.81. The zero-order valence-electron chi connectivity index (χ0n) is 7.97. The summed E-state index contributed by atoms with van der Waals surface area (Å²) in [6.45, 7) is 2.10. The van der Waals surface area contributed by atoms with Crippen LogP contribution in [0, 0.1) is 6.92 Å². The summed E-state index contributed by atoms with van der Waals surface area (Å²) in [7, 11) is 0. The van der Waals surface area contributed by atoms with Gasteiger partial charge in [-0.25, -0.2) is 0 Å². The van der Waals surface area contributed by atoms with Crippen LogP contribution in [0.2, 0.25) is 0 Å².